The van der Waals surface area contributed by atoms with Crippen LogP contribution in [0.4, 0.5) is 0 Å². The Labute approximate surface area is 68.2 Å². The molecule has 1 aliphatic heterocycles. The number of nitrogens with two attached hydrogens (primary N) is 1. The maximum absolute atomic E-state index is 5.48. The summed E-state index contributed by atoms with van der Waals surface area (Å²) in [5.41, 5.74) is 5.48. The molecule has 0 saturated carbocycles. The first kappa shape index (κ1) is 10.0. The molecular weight excluding hydrogens is 144 g/mol. The zero-order valence-electron chi connectivity index (χ0n) is 6.31. The number of thiocarbonyl (C=S) groups is 1. The summed E-state index contributed by atoms with van der Waals surface area (Å²) in [5, 5.41) is 3.29. The van der Waals surface area contributed by atoms with Crippen molar-refractivity contribution in [1.82, 2.24) is 5.32 Å². The SMILES string of the molecule is C=S.NCC1CCNCC1. The van der Waals surface area contributed by atoms with Gasteiger partial charge in [-0.25, -0.2) is 0 Å². The summed E-state index contributed by atoms with van der Waals surface area (Å²) in [4.78, 5) is 0. The second-order valence-electron chi connectivity index (χ2n) is 2.43. The standard InChI is InChI=1S/C6H14N2.CH2S/c7-5-6-1-3-8-4-2-6;1-2/h6,8H,1-5,7H2;1H2. The lowest BCUT2D eigenvalue weighted by molar-refractivity contribution is 0.382. The molecule has 0 spiro atoms. The smallest absolute Gasteiger partial charge is 0.00458 e. The minimum Gasteiger partial charge on any atom is -0.330 e. The minimum absolute atomic E-state index is 0.802. The van der Waals surface area contributed by atoms with E-state index in [1.807, 2.05) is 0 Å². The van der Waals surface area contributed by atoms with E-state index in [0.29, 0.717) is 0 Å². The van der Waals surface area contributed by atoms with Gasteiger partial charge >= 0.3 is 0 Å². The van der Waals surface area contributed by atoms with Crippen LogP contribution in [-0.2, 0) is 0 Å². The Morgan fingerprint density at radius 2 is 1.90 bits per heavy atom. The second kappa shape index (κ2) is 7.12. The van der Waals surface area contributed by atoms with Crippen molar-refractivity contribution in [2.24, 2.45) is 11.7 Å². The van der Waals surface area contributed by atoms with Gasteiger partial charge in [-0.1, -0.05) is 12.2 Å². The number of rotatable bonds is 1. The molecule has 60 valence electrons. The van der Waals surface area contributed by atoms with Gasteiger partial charge in [0.15, 0.2) is 0 Å². The largest absolute Gasteiger partial charge is 0.330 e. The van der Waals surface area contributed by atoms with Crippen molar-refractivity contribution >= 4 is 18.1 Å². The highest BCUT2D eigenvalue weighted by molar-refractivity contribution is 7.77. The molecule has 1 saturated heterocycles. The molecule has 0 atom stereocenters. The summed E-state index contributed by atoms with van der Waals surface area (Å²) in [7, 11) is 0. The van der Waals surface area contributed by atoms with E-state index < -0.39 is 0 Å². The molecule has 0 radical (unpaired) electrons. The van der Waals surface area contributed by atoms with Gasteiger partial charge in [0.25, 0.3) is 0 Å². The van der Waals surface area contributed by atoms with Gasteiger partial charge < -0.3 is 11.1 Å². The van der Waals surface area contributed by atoms with E-state index in [9.17, 15) is 0 Å². The Balaban J connectivity index is 0.000000371. The normalized spacial score (nSPS) is 19.3. The molecule has 0 bridgehead atoms. The predicted octanol–water partition coefficient (Wildman–Crippen LogP) is 0.561. The van der Waals surface area contributed by atoms with Gasteiger partial charge in [-0.3, -0.25) is 0 Å². The van der Waals surface area contributed by atoms with E-state index in [1.165, 1.54) is 25.9 Å². The van der Waals surface area contributed by atoms with Gasteiger partial charge in [-0.2, -0.15) is 0 Å². The molecule has 0 amide bonds. The zero-order valence-corrected chi connectivity index (χ0v) is 7.12. The van der Waals surface area contributed by atoms with Crippen molar-refractivity contribution in [3.8, 4) is 0 Å². The van der Waals surface area contributed by atoms with E-state index in [4.69, 9.17) is 5.73 Å². The lowest BCUT2D eigenvalue weighted by Gasteiger charge is -2.20. The van der Waals surface area contributed by atoms with Gasteiger partial charge in [-0.15, -0.1) is 0 Å². The van der Waals surface area contributed by atoms with Crippen LogP contribution in [0, 0.1) is 5.92 Å². The van der Waals surface area contributed by atoms with Gasteiger partial charge in [0.2, 0.25) is 0 Å². The molecule has 0 aromatic heterocycles. The van der Waals surface area contributed by atoms with Gasteiger partial charge in [0.1, 0.15) is 0 Å². The Kier molecular flexibility index (Phi) is 7.13. The lowest BCUT2D eigenvalue weighted by atomic mass is 9.99. The van der Waals surface area contributed by atoms with Crippen LogP contribution in [0.2, 0.25) is 0 Å². The van der Waals surface area contributed by atoms with Crippen LogP contribution in [0.5, 0.6) is 0 Å². The number of hydrogen-bond donors (Lipinski definition) is 2. The molecule has 3 N–H and O–H groups in total. The van der Waals surface area contributed by atoms with Gasteiger partial charge in [0.05, 0.1) is 0 Å². The van der Waals surface area contributed by atoms with E-state index >= 15 is 0 Å². The third-order valence-corrected chi connectivity index (χ3v) is 1.79. The molecule has 0 aromatic rings. The van der Waals surface area contributed by atoms with Gasteiger partial charge in [0, 0.05) is 0 Å². The molecule has 0 aromatic carbocycles. The van der Waals surface area contributed by atoms with Crippen molar-refractivity contribution in [2.45, 2.75) is 12.8 Å². The van der Waals surface area contributed by atoms with E-state index in [0.717, 1.165) is 12.5 Å². The van der Waals surface area contributed by atoms with Crippen molar-refractivity contribution < 1.29 is 0 Å². The Hall–Kier alpha value is 0.0100. The van der Waals surface area contributed by atoms with Crippen molar-refractivity contribution in [1.29, 1.82) is 0 Å². The fraction of sp³-hybridized carbons (Fsp3) is 0.857. The third-order valence-electron chi connectivity index (χ3n) is 1.79. The molecule has 0 aliphatic carbocycles. The van der Waals surface area contributed by atoms with E-state index in [1.54, 1.807) is 0 Å². The van der Waals surface area contributed by atoms with Crippen LogP contribution >= 0.6 is 12.2 Å². The first-order valence-corrected chi connectivity index (χ1v) is 4.21. The van der Waals surface area contributed by atoms with Crippen LogP contribution in [-0.4, -0.2) is 25.5 Å². The molecule has 1 heterocycles. The van der Waals surface area contributed by atoms with Crippen LogP contribution in [0.15, 0.2) is 0 Å². The van der Waals surface area contributed by atoms with Crippen LogP contribution in [0.25, 0.3) is 0 Å². The fourth-order valence-corrected chi connectivity index (χ4v) is 1.12. The molecular formula is C7H16N2S. The minimum atomic E-state index is 0.802. The molecule has 3 heteroatoms. The molecule has 2 nitrogen and oxygen atoms in total. The van der Waals surface area contributed by atoms with E-state index in [-0.39, 0.29) is 0 Å². The maximum Gasteiger partial charge on any atom is -0.00458 e. The zero-order chi connectivity index (χ0) is 7.82. The quantitative estimate of drug-likeness (QED) is 0.550. The predicted molar refractivity (Wildman–Crippen MR) is 49.4 cm³/mol. The second-order valence-corrected chi connectivity index (χ2v) is 2.43. The van der Waals surface area contributed by atoms with Gasteiger partial charge in [-0.05, 0) is 44.3 Å². The summed E-state index contributed by atoms with van der Waals surface area (Å²) >= 11 is 3.83. The number of piperidine rings is 1. The first-order chi connectivity index (χ1) is 4.93. The Morgan fingerprint density at radius 3 is 2.20 bits per heavy atom. The summed E-state index contributed by atoms with van der Waals surface area (Å²) in [5.74, 6) is 3.64. The molecule has 1 rings (SSSR count). The first-order valence-electron chi connectivity index (χ1n) is 3.63. The topological polar surface area (TPSA) is 38.0 Å². The number of hydrogen-bond acceptors (Lipinski definition) is 3. The van der Waals surface area contributed by atoms with Crippen LogP contribution < -0.4 is 11.1 Å². The maximum atomic E-state index is 5.48. The van der Waals surface area contributed by atoms with Crippen LogP contribution in [0.1, 0.15) is 12.8 Å². The fourth-order valence-electron chi connectivity index (χ4n) is 1.12. The summed E-state index contributed by atoms with van der Waals surface area (Å²) < 4.78 is 0. The molecule has 1 fully saturated rings. The molecule has 0 unspecified atom stereocenters. The summed E-state index contributed by atoms with van der Waals surface area (Å²) in [6.07, 6.45) is 2.55. The Bertz CT molecular complexity index is 72.0. The van der Waals surface area contributed by atoms with Crippen molar-refractivity contribution in [3.63, 3.8) is 0 Å². The lowest BCUT2D eigenvalue weighted by Crippen LogP contribution is -2.31. The average molecular weight is 160 g/mol. The average Bonchev–Trinajstić information content (AvgIpc) is 2.10. The molecule has 10 heavy (non-hydrogen) atoms. The Morgan fingerprint density at radius 1 is 1.40 bits per heavy atom. The monoisotopic (exact) mass is 160 g/mol. The highest BCUT2D eigenvalue weighted by atomic mass is 32.1. The third kappa shape index (κ3) is 3.93. The van der Waals surface area contributed by atoms with Crippen molar-refractivity contribution in [3.05, 3.63) is 0 Å². The summed E-state index contributed by atoms with van der Waals surface area (Å²) in [6, 6.07) is 0. The highest BCUT2D eigenvalue weighted by Gasteiger charge is 2.09. The highest BCUT2D eigenvalue weighted by Crippen LogP contribution is 2.07. The van der Waals surface area contributed by atoms with Crippen LogP contribution in [0.3, 0.4) is 0 Å². The summed E-state index contributed by atoms with van der Waals surface area (Å²) in [6.45, 7) is 3.21. The number of nitrogens with one attached hydrogen (secondary N) is 1. The molecule has 1 aliphatic rings. The van der Waals surface area contributed by atoms with Crippen molar-refractivity contribution in [2.75, 3.05) is 19.6 Å². The van der Waals surface area contributed by atoms with E-state index in [2.05, 4.69) is 23.4 Å².